The van der Waals surface area contributed by atoms with Crippen molar-refractivity contribution in [2.75, 3.05) is 5.73 Å². The van der Waals surface area contributed by atoms with E-state index < -0.39 is 11.6 Å². The summed E-state index contributed by atoms with van der Waals surface area (Å²) in [5.74, 6) is -1.03. The van der Waals surface area contributed by atoms with E-state index in [1.807, 2.05) is 0 Å². The van der Waals surface area contributed by atoms with E-state index in [2.05, 4.69) is 5.16 Å². The average Bonchev–Trinajstić information content (AvgIpc) is 2.62. The maximum Gasteiger partial charge on any atom is 0.173 e. The number of anilines is 1. The molecule has 0 fully saturated rings. The lowest BCUT2D eigenvalue weighted by Gasteiger charge is -2.07. The summed E-state index contributed by atoms with van der Waals surface area (Å²) in [5.41, 5.74) is 6.04. The summed E-state index contributed by atoms with van der Waals surface area (Å²) in [4.78, 5) is 0. The van der Waals surface area contributed by atoms with Crippen molar-refractivity contribution < 1.29 is 14.0 Å². The van der Waals surface area contributed by atoms with Crippen LogP contribution in [0.1, 0.15) is 5.56 Å². The van der Waals surface area contributed by atoms with Crippen molar-refractivity contribution in [2.45, 2.75) is 6.92 Å². The van der Waals surface area contributed by atoms with Crippen LogP contribution in [0.2, 0.25) is 5.02 Å². The second-order valence-corrected chi connectivity index (χ2v) is 3.71. The maximum absolute atomic E-state index is 13.3. The predicted octanol–water partition coefficient (Wildman–Crippen LogP) is 2.73. The van der Waals surface area contributed by atoms with Crippen molar-refractivity contribution >= 4 is 17.4 Å². The molecular formula is C10H8ClFN2O2. The Balaban J connectivity index is 2.73. The Morgan fingerprint density at radius 1 is 1.50 bits per heavy atom. The zero-order chi connectivity index (χ0) is 11.9. The van der Waals surface area contributed by atoms with Gasteiger partial charge in [0.15, 0.2) is 23.1 Å². The summed E-state index contributed by atoms with van der Waals surface area (Å²) >= 11 is 5.80. The fourth-order valence-corrected chi connectivity index (χ4v) is 1.60. The molecule has 3 N–H and O–H groups in total. The number of phenolic OH excluding ortho intramolecular Hbond substituents is 1. The van der Waals surface area contributed by atoms with E-state index in [1.165, 1.54) is 6.07 Å². The van der Waals surface area contributed by atoms with Gasteiger partial charge in [-0.3, -0.25) is 0 Å². The topological polar surface area (TPSA) is 72.3 Å². The predicted molar refractivity (Wildman–Crippen MR) is 57.7 cm³/mol. The monoisotopic (exact) mass is 242 g/mol. The van der Waals surface area contributed by atoms with Crippen molar-refractivity contribution in [2.24, 2.45) is 0 Å². The number of nitrogens with two attached hydrogens (primary N) is 1. The Bertz CT molecular complexity index is 528. The van der Waals surface area contributed by atoms with Gasteiger partial charge in [0.25, 0.3) is 0 Å². The molecule has 2 aromatic rings. The summed E-state index contributed by atoms with van der Waals surface area (Å²) < 4.78 is 18.1. The highest BCUT2D eigenvalue weighted by Crippen LogP contribution is 2.38. The van der Waals surface area contributed by atoms with Crippen LogP contribution in [0.5, 0.6) is 5.75 Å². The Labute approximate surface area is 95.4 Å². The summed E-state index contributed by atoms with van der Waals surface area (Å²) in [6, 6.07) is 2.42. The van der Waals surface area contributed by atoms with Crippen molar-refractivity contribution in [3.63, 3.8) is 0 Å². The Kier molecular flexibility index (Phi) is 2.47. The fraction of sp³-hybridized carbons (Fsp3) is 0.100. The summed E-state index contributed by atoms with van der Waals surface area (Å²) in [5, 5.41) is 13.3. The summed E-state index contributed by atoms with van der Waals surface area (Å²) in [6.07, 6.45) is 0. The fourth-order valence-electron chi connectivity index (χ4n) is 1.41. The quantitative estimate of drug-likeness (QED) is 0.807. The van der Waals surface area contributed by atoms with Gasteiger partial charge in [0, 0.05) is 11.1 Å². The lowest BCUT2D eigenvalue weighted by atomic mass is 10.0. The van der Waals surface area contributed by atoms with E-state index in [0.717, 1.165) is 6.07 Å². The molecule has 16 heavy (non-hydrogen) atoms. The molecule has 0 aliphatic heterocycles. The molecule has 0 saturated heterocycles. The van der Waals surface area contributed by atoms with Crippen LogP contribution < -0.4 is 5.73 Å². The molecule has 1 aromatic heterocycles. The Morgan fingerprint density at radius 2 is 2.19 bits per heavy atom. The molecular weight excluding hydrogens is 235 g/mol. The zero-order valence-electron chi connectivity index (χ0n) is 8.29. The number of aromatic nitrogens is 1. The second kappa shape index (κ2) is 3.68. The number of hydrogen-bond acceptors (Lipinski definition) is 4. The zero-order valence-corrected chi connectivity index (χ0v) is 9.05. The molecule has 0 aliphatic carbocycles. The summed E-state index contributed by atoms with van der Waals surface area (Å²) in [6.45, 7) is 1.63. The van der Waals surface area contributed by atoms with Crippen LogP contribution >= 0.6 is 11.6 Å². The van der Waals surface area contributed by atoms with Crippen molar-refractivity contribution in [3.05, 3.63) is 28.5 Å². The number of phenols is 1. The maximum atomic E-state index is 13.3. The van der Waals surface area contributed by atoms with Gasteiger partial charge >= 0.3 is 0 Å². The normalized spacial score (nSPS) is 10.7. The molecule has 6 heteroatoms. The lowest BCUT2D eigenvalue weighted by molar-refractivity contribution is 0.416. The molecule has 0 bridgehead atoms. The lowest BCUT2D eigenvalue weighted by Crippen LogP contribution is -1.88. The van der Waals surface area contributed by atoms with Crippen molar-refractivity contribution in [1.29, 1.82) is 0 Å². The van der Waals surface area contributed by atoms with Crippen LogP contribution in [0.3, 0.4) is 0 Å². The van der Waals surface area contributed by atoms with Gasteiger partial charge in [0.2, 0.25) is 0 Å². The minimum absolute atomic E-state index is 0.147. The molecule has 0 aliphatic rings. The first kappa shape index (κ1) is 10.8. The van der Waals surface area contributed by atoms with Crippen LogP contribution in [0.25, 0.3) is 11.3 Å². The molecule has 0 amide bonds. The SMILES string of the molecule is Cc1c(Cl)cc(F)c(O)c1-c1cc(N)no1. The van der Waals surface area contributed by atoms with E-state index in [0.29, 0.717) is 5.56 Å². The average molecular weight is 243 g/mol. The Morgan fingerprint density at radius 3 is 2.75 bits per heavy atom. The van der Waals surface area contributed by atoms with E-state index >= 15 is 0 Å². The van der Waals surface area contributed by atoms with Gasteiger partial charge < -0.3 is 15.4 Å². The number of rotatable bonds is 1. The van der Waals surface area contributed by atoms with Gasteiger partial charge in [-0.05, 0) is 18.6 Å². The molecule has 0 radical (unpaired) electrons. The largest absolute Gasteiger partial charge is 0.504 e. The smallest absolute Gasteiger partial charge is 0.173 e. The van der Waals surface area contributed by atoms with E-state index in [9.17, 15) is 9.50 Å². The first-order chi connectivity index (χ1) is 7.50. The highest BCUT2D eigenvalue weighted by Gasteiger charge is 2.19. The van der Waals surface area contributed by atoms with Crippen LogP contribution in [0.15, 0.2) is 16.7 Å². The second-order valence-electron chi connectivity index (χ2n) is 3.30. The van der Waals surface area contributed by atoms with Gasteiger partial charge in [-0.15, -0.1) is 0 Å². The molecule has 1 aromatic carbocycles. The van der Waals surface area contributed by atoms with Gasteiger partial charge in [-0.25, -0.2) is 4.39 Å². The molecule has 0 spiro atoms. The molecule has 0 saturated carbocycles. The third-order valence-corrected chi connectivity index (χ3v) is 2.62. The van der Waals surface area contributed by atoms with Gasteiger partial charge in [0.1, 0.15) is 0 Å². The Hall–Kier alpha value is -1.75. The van der Waals surface area contributed by atoms with E-state index in [-0.39, 0.29) is 22.2 Å². The summed E-state index contributed by atoms with van der Waals surface area (Å²) in [7, 11) is 0. The number of halogens is 2. The number of nitrogens with zero attached hydrogens (tertiary/aromatic N) is 1. The molecule has 0 unspecified atom stereocenters. The molecule has 1 heterocycles. The molecule has 4 nitrogen and oxygen atoms in total. The minimum atomic E-state index is -0.819. The highest BCUT2D eigenvalue weighted by molar-refractivity contribution is 6.31. The third-order valence-electron chi connectivity index (χ3n) is 2.22. The van der Waals surface area contributed by atoms with Crippen molar-refractivity contribution in [3.8, 4) is 17.1 Å². The molecule has 2 rings (SSSR count). The van der Waals surface area contributed by atoms with Crippen LogP contribution in [-0.4, -0.2) is 10.3 Å². The van der Waals surface area contributed by atoms with Crippen LogP contribution in [-0.2, 0) is 0 Å². The van der Waals surface area contributed by atoms with Crippen LogP contribution in [0, 0.1) is 12.7 Å². The number of nitrogen functional groups attached to an aromatic ring is 1. The van der Waals surface area contributed by atoms with Gasteiger partial charge in [-0.1, -0.05) is 16.8 Å². The van der Waals surface area contributed by atoms with Gasteiger partial charge in [-0.2, -0.15) is 0 Å². The minimum Gasteiger partial charge on any atom is -0.504 e. The molecule has 0 atom stereocenters. The standard InChI is InChI=1S/C10H8ClFN2O2/c1-4-5(11)2-6(12)10(15)9(4)7-3-8(13)14-16-7/h2-3,15H,1H3,(H2,13,14). The van der Waals surface area contributed by atoms with Crippen LogP contribution in [0.4, 0.5) is 10.2 Å². The first-order valence-electron chi connectivity index (χ1n) is 4.41. The van der Waals surface area contributed by atoms with Crippen molar-refractivity contribution in [1.82, 2.24) is 5.16 Å². The van der Waals surface area contributed by atoms with E-state index in [1.54, 1.807) is 6.92 Å². The van der Waals surface area contributed by atoms with Gasteiger partial charge in [0.05, 0.1) is 5.56 Å². The number of benzene rings is 1. The highest BCUT2D eigenvalue weighted by atomic mass is 35.5. The number of hydrogen-bond donors (Lipinski definition) is 2. The van der Waals surface area contributed by atoms with E-state index in [4.69, 9.17) is 21.9 Å². The molecule has 84 valence electrons. The first-order valence-corrected chi connectivity index (χ1v) is 4.78. The third kappa shape index (κ3) is 1.59. The number of aromatic hydroxyl groups is 1.